The Hall–Kier alpha value is -3.06. The smallest absolute Gasteiger partial charge is 0.251 e. The molecule has 1 unspecified atom stereocenters. The van der Waals surface area contributed by atoms with Crippen LogP contribution in [0.15, 0.2) is 48.5 Å². The van der Waals surface area contributed by atoms with Crippen LogP contribution in [0.4, 0.5) is 0 Å². The van der Waals surface area contributed by atoms with Crippen molar-refractivity contribution in [3.05, 3.63) is 59.7 Å². The van der Waals surface area contributed by atoms with Crippen molar-refractivity contribution < 1.29 is 24.2 Å². The summed E-state index contributed by atoms with van der Waals surface area (Å²) < 4.78 is 10.4. The molecule has 2 amide bonds. The Bertz CT molecular complexity index is 1100. The van der Waals surface area contributed by atoms with Crippen LogP contribution in [-0.2, 0) is 11.3 Å². The molecule has 2 fully saturated rings. The molecule has 7 nitrogen and oxygen atoms in total. The van der Waals surface area contributed by atoms with Gasteiger partial charge in [-0.15, -0.1) is 0 Å². The third-order valence-corrected chi connectivity index (χ3v) is 9.24. The number of nitrogens with one attached hydrogen (secondary N) is 2. The summed E-state index contributed by atoms with van der Waals surface area (Å²) in [6, 6.07) is 14.7. The van der Waals surface area contributed by atoms with Gasteiger partial charge in [-0.2, -0.15) is 0 Å². The van der Waals surface area contributed by atoms with E-state index in [1.807, 2.05) is 31.2 Å². The molecule has 206 valence electrons. The monoisotopic (exact) mass is 522 g/mol. The van der Waals surface area contributed by atoms with Crippen LogP contribution in [0.25, 0.3) is 0 Å². The summed E-state index contributed by atoms with van der Waals surface area (Å²) in [5, 5.41) is 17.9. The molecule has 0 saturated heterocycles. The lowest BCUT2D eigenvalue weighted by atomic mass is 9.51. The third kappa shape index (κ3) is 5.83. The molecule has 0 bridgehead atoms. The summed E-state index contributed by atoms with van der Waals surface area (Å²) >= 11 is 0. The number of amides is 2. The predicted octanol–water partition coefficient (Wildman–Crippen LogP) is 4.58. The zero-order chi connectivity index (χ0) is 27.4. The minimum Gasteiger partial charge on any atom is -0.497 e. The minimum atomic E-state index is -0.605. The maximum absolute atomic E-state index is 13.1. The molecule has 0 aromatic heterocycles. The maximum atomic E-state index is 13.1. The van der Waals surface area contributed by atoms with E-state index in [2.05, 4.69) is 24.5 Å². The quantitative estimate of drug-likeness (QED) is 0.472. The summed E-state index contributed by atoms with van der Waals surface area (Å²) in [5.74, 6) is 0.999. The number of aliphatic hydroxyl groups excluding tert-OH is 1. The van der Waals surface area contributed by atoms with Crippen molar-refractivity contribution in [2.45, 2.75) is 65.1 Å². The van der Waals surface area contributed by atoms with E-state index >= 15 is 0 Å². The van der Waals surface area contributed by atoms with Crippen LogP contribution in [-0.4, -0.2) is 43.3 Å². The highest BCUT2D eigenvalue weighted by molar-refractivity contribution is 5.94. The van der Waals surface area contributed by atoms with Gasteiger partial charge in [-0.25, -0.2) is 0 Å². The van der Waals surface area contributed by atoms with Gasteiger partial charge < -0.3 is 25.2 Å². The number of rotatable bonds is 8. The summed E-state index contributed by atoms with van der Waals surface area (Å²) in [6.07, 6.45) is 3.01. The van der Waals surface area contributed by atoms with Gasteiger partial charge in [0.05, 0.1) is 20.3 Å². The van der Waals surface area contributed by atoms with E-state index in [1.54, 1.807) is 38.5 Å². The Morgan fingerprint density at radius 2 is 1.58 bits per heavy atom. The maximum Gasteiger partial charge on any atom is 0.251 e. The van der Waals surface area contributed by atoms with Gasteiger partial charge in [-0.1, -0.05) is 32.9 Å². The van der Waals surface area contributed by atoms with E-state index in [4.69, 9.17) is 9.47 Å². The standard InChI is InChI=1S/C31H42N2O5/c1-19(29(35)32-18-21-6-10-23(37-4)11-7-21)25-14-16-31(3)17-15-26(20(2)27(31)28(25)34)33-30(36)22-8-12-24(38-5)13-9-22/h6-13,19-20,25-28,34H,14-18H2,1-5H3,(H,32,35)(H,33,36)/t19-,20+,25?,26-,27+,28-,31-/m0/s1. The highest BCUT2D eigenvalue weighted by atomic mass is 16.5. The highest BCUT2D eigenvalue weighted by Crippen LogP contribution is 2.55. The van der Waals surface area contributed by atoms with Crippen molar-refractivity contribution in [2.24, 2.45) is 29.1 Å². The molecule has 2 aromatic carbocycles. The zero-order valence-electron chi connectivity index (χ0n) is 23.2. The molecule has 0 radical (unpaired) electrons. The lowest BCUT2D eigenvalue weighted by molar-refractivity contribution is -0.142. The molecule has 2 aliphatic rings. The fraction of sp³-hybridized carbons (Fsp3) is 0.548. The van der Waals surface area contributed by atoms with Crippen LogP contribution in [0, 0.1) is 29.1 Å². The average molecular weight is 523 g/mol. The van der Waals surface area contributed by atoms with E-state index in [-0.39, 0.29) is 46.9 Å². The first-order valence-corrected chi connectivity index (χ1v) is 13.7. The second-order valence-corrected chi connectivity index (χ2v) is 11.4. The van der Waals surface area contributed by atoms with E-state index < -0.39 is 6.10 Å². The van der Waals surface area contributed by atoms with Gasteiger partial charge in [-0.3, -0.25) is 9.59 Å². The van der Waals surface area contributed by atoms with Crippen molar-refractivity contribution in [1.82, 2.24) is 10.6 Å². The Kier molecular flexibility index (Phi) is 8.66. The van der Waals surface area contributed by atoms with Gasteiger partial charge in [0, 0.05) is 24.1 Å². The van der Waals surface area contributed by atoms with Crippen LogP contribution in [0.5, 0.6) is 11.5 Å². The molecule has 38 heavy (non-hydrogen) atoms. The number of hydrogen-bond acceptors (Lipinski definition) is 5. The van der Waals surface area contributed by atoms with Crippen molar-refractivity contribution in [3.63, 3.8) is 0 Å². The lowest BCUT2D eigenvalue weighted by Crippen LogP contribution is -2.58. The van der Waals surface area contributed by atoms with E-state index in [0.29, 0.717) is 17.9 Å². The SMILES string of the molecule is COc1ccc(CNC(=O)[C@@H](C)C2CC[C@@]3(C)CC[C@H](NC(=O)c4ccc(OC)cc4)[C@@H](C)[C@@H]3[C@H]2O)cc1. The number of methoxy groups -OCH3 is 2. The molecule has 7 atom stereocenters. The normalized spacial score (nSPS) is 29.5. The number of benzene rings is 2. The van der Waals surface area contributed by atoms with Crippen LogP contribution in [0.1, 0.15) is 62.4 Å². The van der Waals surface area contributed by atoms with Gasteiger partial charge in [0.15, 0.2) is 0 Å². The second kappa shape index (κ2) is 11.8. The van der Waals surface area contributed by atoms with Gasteiger partial charge in [-0.05, 0) is 90.8 Å². The van der Waals surface area contributed by atoms with E-state index in [0.717, 1.165) is 37.0 Å². The first-order chi connectivity index (χ1) is 18.2. The zero-order valence-corrected chi connectivity index (χ0v) is 23.2. The van der Waals surface area contributed by atoms with Crippen molar-refractivity contribution in [3.8, 4) is 11.5 Å². The van der Waals surface area contributed by atoms with Crippen molar-refractivity contribution in [1.29, 1.82) is 0 Å². The molecule has 2 aliphatic carbocycles. The number of aliphatic hydroxyl groups is 1. The predicted molar refractivity (Wildman–Crippen MR) is 147 cm³/mol. The Labute approximate surface area is 226 Å². The topological polar surface area (TPSA) is 96.9 Å². The molecule has 7 heteroatoms. The van der Waals surface area contributed by atoms with Crippen LogP contribution in [0.3, 0.4) is 0 Å². The average Bonchev–Trinajstić information content (AvgIpc) is 2.93. The minimum absolute atomic E-state index is 0.00400. The fourth-order valence-electron chi connectivity index (χ4n) is 6.78. The summed E-state index contributed by atoms with van der Waals surface area (Å²) in [4.78, 5) is 26.1. The molecule has 0 aliphatic heterocycles. The lowest BCUT2D eigenvalue weighted by Gasteiger charge is -2.56. The van der Waals surface area contributed by atoms with Crippen molar-refractivity contribution >= 4 is 11.8 Å². The van der Waals surface area contributed by atoms with Crippen LogP contribution in [0.2, 0.25) is 0 Å². The van der Waals surface area contributed by atoms with Crippen LogP contribution < -0.4 is 20.1 Å². The molecule has 0 spiro atoms. The molecular weight excluding hydrogens is 480 g/mol. The van der Waals surface area contributed by atoms with Gasteiger partial charge in [0.25, 0.3) is 5.91 Å². The Morgan fingerprint density at radius 3 is 2.18 bits per heavy atom. The number of ether oxygens (including phenoxy) is 2. The van der Waals surface area contributed by atoms with Crippen LogP contribution >= 0.6 is 0 Å². The van der Waals surface area contributed by atoms with Gasteiger partial charge >= 0.3 is 0 Å². The first kappa shape index (κ1) is 28.0. The molecule has 0 heterocycles. The van der Waals surface area contributed by atoms with E-state index in [1.165, 1.54) is 0 Å². The second-order valence-electron chi connectivity index (χ2n) is 11.4. The number of carbonyl (C=O) groups excluding carboxylic acids is 2. The van der Waals surface area contributed by atoms with Gasteiger partial charge in [0.1, 0.15) is 11.5 Å². The third-order valence-electron chi connectivity index (χ3n) is 9.24. The molecule has 4 rings (SSSR count). The number of hydrogen-bond donors (Lipinski definition) is 3. The largest absolute Gasteiger partial charge is 0.497 e. The van der Waals surface area contributed by atoms with Crippen molar-refractivity contribution in [2.75, 3.05) is 14.2 Å². The molecular formula is C31H42N2O5. The number of carbonyl (C=O) groups is 2. The van der Waals surface area contributed by atoms with Gasteiger partial charge in [0.2, 0.25) is 5.91 Å². The fourth-order valence-corrected chi connectivity index (χ4v) is 6.78. The molecule has 2 aromatic rings. The summed E-state index contributed by atoms with van der Waals surface area (Å²) in [7, 11) is 3.23. The summed E-state index contributed by atoms with van der Waals surface area (Å²) in [5.41, 5.74) is 1.59. The summed E-state index contributed by atoms with van der Waals surface area (Å²) in [6.45, 7) is 6.77. The Balaban J connectivity index is 1.40. The molecule has 3 N–H and O–H groups in total. The van der Waals surface area contributed by atoms with E-state index in [9.17, 15) is 14.7 Å². The highest BCUT2D eigenvalue weighted by Gasteiger charge is 2.53. The Morgan fingerprint density at radius 1 is 1.00 bits per heavy atom. The number of fused-ring (bicyclic) bond motifs is 1. The first-order valence-electron chi connectivity index (χ1n) is 13.7. The molecule has 2 saturated carbocycles.